The van der Waals surface area contributed by atoms with Crippen molar-refractivity contribution in [3.63, 3.8) is 0 Å². The van der Waals surface area contributed by atoms with Gasteiger partial charge in [0.05, 0.1) is 22.4 Å². The maximum Gasteiger partial charge on any atom is 0.312 e. The van der Waals surface area contributed by atoms with E-state index in [1.165, 1.54) is 18.3 Å². The molecular formula is C20H19N3O5S. The van der Waals surface area contributed by atoms with Crippen molar-refractivity contribution in [2.24, 2.45) is 0 Å². The number of amides is 1. The smallest absolute Gasteiger partial charge is 0.312 e. The van der Waals surface area contributed by atoms with Crippen LogP contribution >= 0.6 is 11.3 Å². The molecule has 0 saturated carbocycles. The van der Waals surface area contributed by atoms with Gasteiger partial charge in [-0.25, -0.2) is 5.10 Å². The van der Waals surface area contributed by atoms with Gasteiger partial charge in [0.15, 0.2) is 6.61 Å². The lowest BCUT2D eigenvalue weighted by Crippen LogP contribution is -2.22. The molecule has 0 aliphatic heterocycles. The maximum atomic E-state index is 12.3. The predicted molar refractivity (Wildman–Crippen MR) is 108 cm³/mol. The number of aromatic amines is 1. The summed E-state index contributed by atoms with van der Waals surface area (Å²) in [5.41, 5.74) is 0.0499. The topological polar surface area (TPSA) is 118 Å². The van der Waals surface area contributed by atoms with E-state index >= 15 is 0 Å². The molecule has 0 aliphatic rings. The Labute approximate surface area is 169 Å². The lowest BCUT2D eigenvalue weighted by atomic mass is 10.1. The van der Waals surface area contributed by atoms with E-state index in [0.717, 1.165) is 4.88 Å². The van der Waals surface area contributed by atoms with Crippen LogP contribution in [0.15, 0.2) is 41.2 Å². The van der Waals surface area contributed by atoms with Crippen LogP contribution in [0, 0.1) is 0 Å². The fourth-order valence-corrected chi connectivity index (χ4v) is 3.67. The lowest BCUT2D eigenvalue weighted by molar-refractivity contribution is -0.141. The summed E-state index contributed by atoms with van der Waals surface area (Å²) in [5, 5.41) is 9.99. The third-order valence-corrected chi connectivity index (χ3v) is 5.32. The first-order chi connectivity index (χ1) is 13.9. The number of benzene rings is 1. The highest BCUT2D eigenvalue weighted by molar-refractivity contribution is 7.14. The summed E-state index contributed by atoms with van der Waals surface area (Å²) in [7, 11) is 0. The van der Waals surface area contributed by atoms with Crippen molar-refractivity contribution < 1.29 is 19.1 Å². The molecule has 1 aromatic carbocycles. The number of fused-ring (bicyclic) bond motifs is 1. The van der Waals surface area contributed by atoms with E-state index in [-0.39, 0.29) is 30.3 Å². The molecule has 2 aromatic heterocycles. The van der Waals surface area contributed by atoms with Crippen LogP contribution in [-0.4, -0.2) is 41.0 Å². The van der Waals surface area contributed by atoms with E-state index in [0.29, 0.717) is 34.3 Å². The van der Waals surface area contributed by atoms with Gasteiger partial charge in [-0.05, 0) is 24.6 Å². The average molecular weight is 413 g/mol. The van der Waals surface area contributed by atoms with Crippen molar-refractivity contribution in [1.82, 2.24) is 15.5 Å². The Hall–Kier alpha value is -3.33. The number of thiophene rings is 1. The summed E-state index contributed by atoms with van der Waals surface area (Å²) in [6.45, 7) is 1.58. The van der Waals surface area contributed by atoms with Crippen molar-refractivity contribution in [1.29, 1.82) is 0 Å². The number of nitrogens with one attached hydrogen (secondary N) is 2. The number of nitrogens with zero attached hydrogens (tertiary/aromatic N) is 1. The molecule has 0 bridgehead atoms. The number of carbonyl (C=O) groups excluding carboxylic acids is 3. The minimum Gasteiger partial charge on any atom is -0.457 e. The zero-order chi connectivity index (χ0) is 20.8. The van der Waals surface area contributed by atoms with Gasteiger partial charge in [-0.2, -0.15) is 5.10 Å². The fraction of sp³-hybridized carbons (Fsp3) is 0.250. The highest BCUT2D eigenvalue weighted by Gasteiger charge is 2.15. The van der Waals surface area contributed by atoms with Crippen molar-refractivity contribution in [2.75, 3.05) is 13.2 Å². The number of aromatic nitrogens is 2. The minimum absolute atomic E-state index is 0.102. The number of hydrogen-bond acceptors (Lipinski definition) is 7. The van der Waals surface area contributed by atoms with Crippen molar-refractivity contribution in [2.45, 2.75) is 19.8 Å². The normalized spacial score (nSPS) is 10.7. The molecule has 1 amide bonds. The second kappa shape index (κ2) is 9.24. The van der Waals surface area contributed by atoms with Crippen molar-refractivity contribution in [3.05, 3.63) is 62.2 Å². The van der Waals surface area contributed by atoms with Crippen LogP contribution in [0.1, 0.15) is 27.2 Å². The predicted octanol–water partition coefficient (Wildman–Crippen LogP) is 1.63. The fourth-order valence-electron chi connectivity index (χ4n) is 2.74. The second-order valence-electron chi connectivity index (χ2n) is 6.30. The molecule has 3 rings (SSSR count). The van der Waals surface area contributed by atoms with Gasteiger partial charge in [0.25, 0.3) is 5.56 Å². The van der Waals surface area contributed by atoms with E-state index in [4.69, 9.17) is 4.74 Å². The number of Topliss-reactive ketones (excluding diaryl/α,β-unsaturated/α-hetero) is 1. The molecule has 0 saturated heterocycles. The van der Waals surface area contributed by atoms with E-state index in [1.54, 1.807) is 30.3 Å². The number of ether oxygens (including phenoxy) is 1. The number of rotatable bonds is 8. The van der Waals surface area contributed by atoms with Gasteiger partial charge in [-0.1, -0.05) is 18.2 Å². The van der Waals surface area contributed by atoms with Gasteiger partial charge >= 0.3 is 5.97 Å². The molecule has 0 aliphatic carbocycles. The van der Waals surface area contributed by atoms with Gasteiger partial charge in [0.1, 0.15) is 0 Å². The van der Waals surface area contributed by atoms with Crippen molar-refractivity contribution in [3.8, 4) is 0 Å². The summed E-state index contributed by atoms with van der Waals surface area (Å²) < 4.78 is 5.09. The molecule has 8 nitrogen and oxygen atoms in total. The number of hydrogen-bond donors (Lipinski definition) is 2. The Balaban J connectivity index is 1.55. The standard InChI is InChI=1S/C20H19N3O5S/c1-12(24)21-9-8-13-6-7-18(29-13)17(25)11-28-19(26)10-16-14-4-2-3-5-15(14)20(27)23-22-16/h2-7H,8-11H2,1H3,(H,21,24)(H,23,27). The Bertz CT molecular complexity index is 1120. The number of carbonyl (C=O) groups is 3. The largest absolute Gasteiger partial charge is 0.457 e. The average Bonchev–Trinajstić information content (AvgIpc) is 3.17. The summed E-state index contributed by atoms with van der Waals surface area (Å²) in [5.74, 6) is -1.01. The van der Waals surface area contributed by atoms with Crippen LogP contribution in [0.2, 0.25) is 0 Å². The van der Waals surface area contributed by atoms with Crippen LogP contribution in [0.4, 0.5) is 0 Å². The Kier molecular flexibility index (Phi) is 6.50. The van der Waals surface area contributed by atoms with Gasteiger partial charge in [0.2, 0.25) is 11.7 Å². The molecular weight excluding hydrogens is 394 g/mol. The van der Waals surface area contributed by atoms with E-state index in [2.05, 4.69) is 15.5 Å². The van der Waals surface area contributed by atoms with Crippen LogP contribution in [0.25, 0.3) is 10.8 Å². The first-order valence-corrected chi connectivity index (χ1v) is 9.74. The quantitative estimate of drug-likeness (QED) is 0.428. The minimum atomic E-state index is -0.606. The second-order valence-corrected chi connectivity index (χ2v) is 7.47. The third-order valence-electron chi connectivity index (χ3n) is 4.13. The molecule has 0 fully saturated rings. The van der Waals surface area contributed by atoms with E-state index in [1.807, 2.05) is 6.07 Å². The van der Waals surface area contributed by atoms with Gasteiger partial charge < -0.3 is 10.1 Å². The zero-order valence-electron chi connectivity index (χ0n) is 15.7. The first-order valence-electron chi connectivity index (χ1n) is 8.92. The van der Waals surface area contributed by atoms with Crippen LogP contribution in [-0.2, 0) is 27.2 Å². The maximum absolute atomic E-state index is 12.3. The zero-order valence-corrected chi connectivity index (χ0v) is 16.5. The highest BCUT2D eigenvalue weighted by Crippen LogP contribution is 2.18. The van der Waals surface area contributed by atoms with Gasteiger partial charge in [0, 0.05) is 23.7 Å². The van der Waals surface area contributed by atoms with Crippen molar-refractivity contribution >= 4 is 39.8 Å². The molecule has 150 valence electrons. The number of H-pyrrole nitrogens is 1. The lowest BCUT2D eigenvalue weighted by Gasteiger charge is -2.05. The first kappa shape index (κ1) is 20.4. The molecule has 0 atom stereocenters. The Morgan fingerprint density at radius 2 is 1.90 bits per heavy atom. The van der Waals surface area contributed by atoms with Crippen LogP contribution in [0.3, 0.4) is 0 Å². The number of esters is 1. The highest BCUT2D eigenvalue weighted by atomic mass is 32.1. The monoisotopic (exact) mass is 413 g/mol. The van der Waals surface area contributed by atoms with Crippen LogP contribution < -0.4 is 10.9 Å². The Morgan fingerprint density at radius 3 is 2.66 bits per heavy atom. The summed E-state index contributed by atoms with van der Waals surface area (Å²) >= 11 is 1.31. The molecule has 29 heavy (non-hydrogen) atoms. The van der Waals surface area contributed by atoms with E-state index in [9.17, 15) is 19.2 Å². The Morgan fingerprint density at radius 1 is 1.14 bits per heavy atom. The summed E-state index contributed by atoms with van der Waals surface area (Å²) in [4.78, 5) is 48.5. The molecule has 3 aromatic rings. The molecule has 0 spiro atoms. The van der Waals surface area contributed by atoms with Gasteiger partial charge in [-0.15, -0.1) is 11.3 Å². The molecule has 0 radical (unpaired) electrons. The number of ketones is 1. The molecule has 9 heteroatoms. The molecule has 2 heterocycles. The van der Waals surface area contributed by atoms with Crippen LogP contribution in [0.5, 0.6) is 0 Å². The molecule has 2 N–H and O–H groups in total. The summed E-state index contributed by atoms with van der Waals surface area (Å²) in [6, 6.07) is 10.3. The summed E-state index contributed by atoms with van der Waals surface area (Å²) in [6.07, 6.45) is 0.471. The van der Waals surface area contributed by atoms with E-state index < -0.39 is 5.97 Å². The third kappa shape index (κ3) is 5.35. The van der Waals surface area contributed by atoms with Gasteiger partial charge in [-0.3, -0.25) is 19.2 Å². The SMILES string of the molecule is CC(=O)NCCc1ccc(C(=O)COC(=O)Cc2n[nH]c(=O)c3ccccc23)s1. The molecule has 0 unspecified atom stereocenters.